The molecule has 0 saturated carbocycles. The predicted octanol–water partition coefficient (Wildman–Crippen LogP) is 4.16. The van der Waals surface area contributed by atoms with Crippen molar-refractivity contribution in [3.63, 3.8) is 0 Å². The van der Waals surface area contributed by atoms with Crippen molar-refractivity contribution in [2.75, 3.05) is 27.2 Å². The summed E-state index contributed by atoms with van der Waals surface area (Å²) in [6, 6.07) is 8.33. The standard InChI is InChI=1S/C19H28N2O/c1-6-17-10-8-11-18(14-17)16(3)20-15-19(7-2)22-13-9-12-21(4)5/h7-8,10-11,14-15H,3,6,9,12-13H2,1-2,4-5H3/b19-7+,20-15-. The Hall–Kier alpha value is -1.87. The topological polar surface area (TPSA) is 24.8 Å². The maximum Gasteiger partial charge on any atom is 0.133 e. The van der Waals surface area contributed by atoms with Crippen LogP contribution in [0.25, 0.3) is 5.70 Å². The number of aryl methyl sites for hydroxylation is 1. The Kier molecular flexibility index (Phi) is 8.23. The van der Waals surface area contributed by atoms with Crippen molar-refractivity contribution in [1.82, 2.24) is 4.90 Å². The maximum atomic E-state index is 5.72. The van der Waals surface area contributed by atoms with Crippen molar-refractivity contribution >= 4 is 11.9 Å². The van der Waals surface area contributed by atoms with Gasteiger partial charge in [0.05, 0.1) is 18.5 Å². The molecule has 0 saturated heterocycles. The molecule has 0 unspecified atom stereocenters. The average Bonchev–Trinajstić information content (AvgIpc) is 2.53. The molecule has 0 aliphatic rings. The number of hydrogen-bond acceptors (Lipinski definition) is 3. The second-order valence-corrected chi connectivity index (χ2v) is 5.46. The van der Waals surface area contributed by atoms with Crippen LogP contribution in [-0.2, 0) is 11.2 Å². The second kappa shape index (κ2) is 9.96. The molecule has 0 aliphatic carbocycles. The van der Waals surface area contributed by atoms with Gasteiger partial charge in [-0.1, -0.05) is 31.7 Å². The number of ether oxygens (including phenoxy) is 1. The molecule has 120 valence electrons. The van der Waals surface area contributed by atoms with Crippen molar-refractivity contribution in [3.8, 4) is 0 Å². The molecule has 0 amide bonds. The van der Waals surface area contributed by atoms with Crippen LogP contribution in [-0.4, -0.2) is 38.4 Å². The van der Waals surface area contributed by atoms with Crippen LogP contribution in [0.5, 0.6) is 0 Å². The monoisotopic (exact) mass is 300 g/mol. The second-order valence-electron chi connectivity index (χ2n) is 5.46. The SMILES string of the molecule is C=C(/N=C\C(=C/C)OCCCN(C)C)c1cccc(CC)c1. The zero-order valence-corrected chi connectivity index (χ0v) is 14.3. The summed E-state index contributed by atoms with van der Waals surface area (Å²) in [5, 5.41) is 0. The number of allylic oxidation sites excluding steroid dienone is 2. The summed E-state index contributed by atoms with van der Waals surface area (Å²) in [5.74, 6) is 0.784. The summed E-state index contributed by atoms with van der Waals surface area (Å²) >= 11 is 0. The fourth-order valence-electron chi connectivity index (χ4n) is 1.95. The van der Waals surface area contributed by atoms with Crippen LogP contribution in [0.1, 0.15) is 31.4 Å². The van der Waals surface area contributed by atoms with Crippen LogP contribution in [0.15, 0.2) is 47.7 Å². The zero-order valence-electron chi connectivity index (χ0n) is 14.3. The van der Waals surface area contributed by atoms with Crippen LogP contribution in [0, 0.1) is 0 Å². The summed E-state index contributed by atoms with van der Waals surface area (Å²) in [6.45, 7) is 9.85. The third-order valence-corrected chi connectivity index (χ3v) is 3.32. The van der Waals surface area contributed by atoms with Gasteiger partial charge in [-0.05, 0) is 57.1 Å². The fraction of sp³-hybridized carbons (Fsp3) is 0.421. The van der Waals surface area contributed by atoms with Crippen LogP contribution < -0.4 is 0 Å². The van der Waals surface area contributed by atoms with E-state index in [2.05, 4.69) is 49.6 Å². The normalized spacial score (nSPS) is 12.1. The van der Waals surface area contributed by atoms with E-state index in [1.165, 1.54) is 5.56 Å². The first-order chi connectivity index (χ1) is 10.6. The first kappa shape index (κ1) is 18.2. The molecule has 0 aromatic heterocycles. The minimum atomic E-state index is 0.696. The third kappa shape index (κ3) is 6.72. The molecule has 1 aromatic rings. The van der Waals surface area contributed by atoms with Gasteiger partial charge in [-0.2, -0.15) is 0 Å². The minimum absolute atomic E-state index is 0.696. The Morgan fingerprint density at radius 3 is 2.77 bits per heavy atom. The molecular weight excluding hydrogens is 272 g/mol. The molecule has 0 bridgehead atoms. The van der Waals surface area contributed by atoms with E-state index in [9.17, 15) is 0 Å². The van der Waals surface area contributed by atoms with Crippen molar-refractivity contribution in [2.24, 2.45) is 4.99 Å². The molecule has 22 heavy (non-hydrogen) atoms. The Bertz CT molecular complexity index is 530. The van der Waals surface area contributed by atoms with Crippen molar-refractivity contribution in [3.05, 3.63) is 53.8 Å². The highest BCUT2D eigenvalue weighted by Crippen LogP contribution is 2.16. The summed E-state index contributed by atoms with van der Waals surface area (Å²) in [7, 11) is 4.12. The number of aliphatic imine (C=N–C) groups is 1. The molecule has 0 N–H and O–H groups in total. The van der Waals surface area contributed by atoms with Crippen LogP contribution in [0.2, 0.25) is 0 Å². The lowest BCUT2D eigenvalue weighted by Crippen LogP contribution is -2.14. The maximum absolute atomic E-state index is 5.72. The average molecular weight is 300 g/mol. The first-order valence-corrected chi connectivity index (χ1v) is 7.83. The van der Waals surface area contributed by atoms with Gasteiger partial charge in [0.2, 0.25) is 0 Å². The van der Waals surface area contributed by atoms with Crippen LogP contribution in [0.3, 0.4) is 0 Å². The van der Waals surface area contributed by atoms with E-state index in [0.29, 0.717) is 6.61 Å². The number of hydrogen-bond donors (Lipinski definition) is 0. The van der Waals surface area contributed by atoms with E-state index in [-0.39, 0.29) is 0 Å². The van der Waals surface area contributed by atoms with Gasteiger partial charge in [0.25, 0.3) is 0 Å². The van der Waals surface area contributed by atoms with Crippen molar-refractivity contribution in [2.45, 2.75) is 26.7 Å². The first-order valence-electron chi connectivity index (χ1n) is 7.83. The molecule has 0 spiro atoms. The van der Waals surface area contributed by atoms with Gasteiger partial charge >= 0.3 is 0 Å². The van der Waals surface area contributed by atoms with E-state index in [0.717, 1.165) is 36.4 Å². The number of nitrogens with zero attached hydrogens (tertiary/aromatic N) is 2. The Labute approximate surface area is 135 Å². The highest BCUT2D eigenvalue weighted by atomic mass is 16.5. The van der Waals surface area contributed by atoms with Crippen LogP contribution >= 0.6 is 0 Å². The van der Waals surface area contributed by atoms with E-state index in [4.69, 9.17) is 4.74 Å². The van der Waals surface area contributed by atoms with Gasteiger partial charge in [-0.15, -0.1) is 0 Å². The lowest BCUT2D eigenvalue weighted by molar-refractivity contribution is 0.214. The van der Waals surface area contributed by atoms with E-state index < -0.39 is 0 Å². The third-order valence-electron chi connectivity index (χ3n) is 3.32. The van der Waals surface area contributed by atoms with Gasteiger partial charge in [0.1, 0.15) is 5.76 Å². The quantitative estimate of drug-likeness (QED) is 0.388. The van der Waals surface area contributed by atoms with Gasteiger partial charge in [0, 0.05) is 6.54 Å². The predicted molar refractivity (Wildman–Crippen MR) is 96.2 cm³/mol. The number of benzene rings is 1. The highest BCUT2D eigenvalue weighted by molar-refractivity contribution is 5.82. The molecule has 3 heteroatoms. The Balaban J connectivity index is 2.55. The lowest BCUT2D eigenvalue weighted by atomic mass is 10.1. The van der Waals surface area contributed by atoms with Gasteiger partial charge in [-0.3, -0.25) is 4.99 Å². The summed E-state index contributed by atoms with van der Waals surface area (Å²) in [5.41, 5.74) is 3.10. The van der Waals surface area contributed by atoms with Gasteiger partial charge < -0.3 is 9.64 Å². The minimum Gasteiger partial charge on any atom is -0.492 e. The Morgan fingerprint density at radius 1 is 1.36 bits per heavy atom. The fourth-order valence-corrected chi connectivity index (χ4v) is 1.95. The van der Waals surface area contributed by atoms with E-state index in [1.54, 1.807) is 6.21 Å². The van der Waals surface area contributed by atoms with Gasteiger partial charge in [-0.25, -0.2) is 0 Å². The van der Waals surface area contributed by atoms with Crippen LogP contribution in [0.4, 0.5) is 0 Å². The summed E-state index contributed by atoms with van der Waals surface area (Å²) in [4.78, 5) is 6.58. The summed E-state index contributed by atoms with van der Waals surface area (Å²) < 4.78 is 5.72. The highest BCUT2D eigenvalue weighted by Gasteiger charge is 1.99. The van der Waals surface area contributed by atoms with Gasteiger partial charge in [0.15, 0.2) is 0 Å². The molecule has 3 nitrogen and oxygen atoms in total. The number of rotatable bonds is 9. The van der Waals surface area contributed by atoms with Crippen molar-refractivity contribution < 1.29 is 4.74 Å². The molecule has 0 fully saturated rings. The Morgan fingerprint density at radius 2 is 2.14 bits per heavy atom. The molecule has 1 aromatic carbocycles. The smallest absolute Gasteiger partial charge is 0.133 e. The van der Waals surface area contributed by atoms with Crippen molar-refractivity contribution in [1.29, 1.82) is 0 Å². The molecule has 1 rings (SSSR count). The molecule has 0 heterocycles. The van der Waals surface area contributed by atoms with E-state index in [1.807, 2.05) is 25.1 Å². The lowest BCUT2D eigenvalue weighted by Gasteiger charge is -2.10. The van der Waals surface area contributed by atoms with E-state index >= 15 is 0 Å². The summed E-state index contributed by atoms with van der Waals surface area (Å²) in [6.07, 6.45) is 5.68. The molecule has 0 aliphatic heterocycles. The zero-order chi connectivity index (χ0) is 16.4. The largest absolute Gasteiger partial charge is 0.492 e. The molecule has 0 atom stereocenters. The molecular formula is C19H28N2O. The molecule has 0 radical (unpaired) electrons.